The van der Waals surface area contributed by atoms with Gasteiger partial charge in [0.15, 0.2) is 0 Å². The van der Waals surface area contributed by atoms with Crippen molar-refractivity contribution in [2.75, 3.05) is 13.1 Å². The molecule has 0 fully saturated rings. The van der Waals surface area contributed by atoms with E-state index in [1.807, 2.05) is 0 Å². The van der Waals surface area contributed by atoms with E-state index in [1.54, 1.807) is 0 Å². The Kier molecular flexibility index (Phi) is 5.66. The smallest absolute Gasteiger partial charge is 0.0208 e. The maximum Gasteiger partial charge on any atom is 0.0208 e. The lowest BCUT2D eigenvalue weighted by Gasteiger charge is -2.19. The highest BCUT2D eigenvalue weighted by Crippen LogP contribution is 2.11. The highest BCUT2D eigenvalue weighted by molar-refractivity contribution is 5.30. The first kappa shape index (κ1) is 14.2. The second kappa shape index (κ2) is 6.77. The Morgan fingerprint density at radius 3 is 2.47 bits per heavy atom. The standard InChI is InChI=1S/C15H26N2/c1-11(2)15(8-16)10-17-9-14-6-5-12(3)7-13(14)4/h5-7,11,15,17H,8-10,16H2,1-4H3. The van der Waals surface area contributed by atoms with E-state index in [4.69, 9.17) is 5.73 Å². The van der Waals surface area contributed by atoms with E-state index in [1.165, 1.54) is 16.7 Å². The molecular formula is C15H26N2. The van der Waals surface area contributed by atoms with Crippen LogP contribution < -0.4 is 11.1 Å². The lowest BCUT2D eigenvalue weighted by atomic mass is 9.96. The van der Waals surface area contributed by atoms with E-state index >= 15 is 0 Å². The lowest BCUT2D eigenvalue weighted by Crippen LogP contribution is -2.31. The summed E-state index contributed by atoms with van der Waals surface area (Å²) in [6.45, 7) is 11.5. The van der Waals surface area contributed by atoms with Gasteiger partial charge in [0.2, 0.25) is 0 Å². The normalized spacial score (nSPS) is 13.1. The van der Waals surface area contributed by atoms with E-state index < -0.39 is 0 Å². The van der Waals surface area contributed by atoms with Gasteiger partial charge in [0, 0.05) is 6.54 Å². The summed E-state index contributed by atoms with van der Waals surface area (Å²) < 4.78 is 0. The molecule has 1 rings (SSSR count). The van der Waals surface area contributed by atoms with Gasteiger partial charge in [-0.1, -0.05) is 37.6 Å². The van der Waals surface area contributed by atoms with Crippen molar-refractivity contribution in [3.05, 3.63) is 34.9 Å². The molecule has 1 unspecified atom stereocenters. The van der Waals surface area contributed by atoms with E-state index in [0.717, 1.165) is 19.6 Å². The van der Waals surface area contributed by atoms with Crippen molar-refractivity contribution in [1.29, 1.82) is 0 Å². The van der Waals surface area contributed by atoms with Crippen LogP contribution in [0, 0.1) is 25.7 Å². The summed E-state index contributed by atoms with van der Waals surface area (Å²) in [5.41, 5.74) is 9.84. The first-order valence-electron chi connectivity index (χ1n) is 6.51. The number of nitrogens with two attached hydrogens (primary N) is 1. The van der Waals surface area contributed by atoms with E-state index in [9.17, 15) is 0 Å². The van der Waals surface area contributed by atoms with Gasteiger partial charge in [-0.15, -0.1) is 0 Å². The van der Waals surface area contributed by atoms with Crippen molar-refractivity contribution in [2.45, 2.75) is 34.2 Å². The molecule has 0 radical (unpaired) electrons. The molecule has 0 spiro atoms. The molecule has 0 aromatic heterocycles. The molecule has 0 amide bonds. The fraction of sp³-hybridized carbons (Fsp3) is 0.600. The predicted molar refractivity (Wildman–Crippen MR) is 75.0 cm³/mol. The molecule has 2 heteroatoms. The van der Waals surface area contributed by atoms with Gasteiger partial charge in [-0.3, -0.25) is 0 Å². The summed E-state index contributed by atoms with van der Waals surface area (Å²) in [7, 11) is 0. The molecule has 1 atom stereocenters. The molecule has 0 saturated carbocycles. The van der Waals surface area contributed by atoms with Gasteiger partial charge in [0.25, 0.3) is 0 Å². The maximum absolute atomic E-state index is 5.76. The second-order valence-electron chi connectivity index (χ2n) is 5.30. The van der Waals surface area contributed by atoms with Crippen molar-refractivity contribution >= 4 is 0 Å². The minimum Gasteiger partial charge on any atom is -0.330 e. The first-order valence-corrected chi connectivity index (χ1v) is 6.51. The quantitative estimate of drug-likeness (QED) is 0.794. The Balaban J connectivity index is 2.45. The largest absolute Gasteiger partial charge is 0.330 e. The topological polar surface area (TPSA) is 38.0 Å². The molecule has 0 saturated heterocycles. The molecule has 3 N–H and O–H groups in total. The lowest BCUT2D eigenvalue weighted by molar-refractivity contribution is 0.370. The summed E-state index contributed by atoms with van der Waals surface area (Å²) in [5, 5.41) is 3.51. The molecule has 0 aliphatic heterocycles. The zero-order valence-electron chi connectivity index (χ0n) is 11.6. The van der Waals surface area contributed by atoms with E-state index in [2.05, 4.69) is 51.2 Å². The average molecular weight is 234 g/mol. The SMILES string of the molecule is Cc1ccc(CNCC(CN)C(C)C)c(C)c1. The maximum atomic E-state index is 5.76. The van der Waals surface area contributed by atoms with Gasteiger partial charge in [0.05, 0.1) is 0 Å². The Morgan fingerprint density at radius 1 is 1.24 bits per heavy atom. The Hall–Kier alpha value is -0.860. The van der Waals surface area contributed by atoms with Gasteiger partial charge >= 0.3 is 0 Å². The predicted octanol–water partition coefficient (Wildman–Crippen LogP) is 2.62. The third-order valence-electron chi connectivity index (χ3n) is 3.47. The van der Waals surface area contributed by atoms with Gasteiger partial charge < -0.3 is 11.1 Å². The van der Waals surface area contributed by atoms with Crippen molar-refractivity contribution in [3.8, 4) is 0 Å². The highest BCUT2D eigenvalue weighted by Gasteiger charge is 2.10. The fourth-order valence-corrected chi connectivity index (χ4v) is 2.03. The third-order valence-corrected chi connectivity index (χ3v) is 3.47. The Labute approximate surface area is 106 Å². The number of benzene rings is 1. The van der Waals surface area contributed by atoms with Crippen LogP contribution in [0.3, 0.4) is 0 Å². The molecule has 0 heterocycles. The Morgan fingerprint density at radius 2 is 1.94 bits per heavy atom. The molecule has 0 bridgehead atoms. The second-order valence-corrected chi connectivity index (χ2v) is 5.30. The molecule has 1 aromatic rings. The van der Waals surface area contributed by atoms with Gasteiger partial charge in [0.1, 0.15) is 0 Å². The zero-order valence-corrected chi connectivity index (χ0v) is 11.6. The number of aryl methyl sites for hydroxylation is 2. The number of nitrogens with one attached hydrogen (secondary N) is 1. The van der Waals surface area contributed by atoms with Crippen molar-refractivity contribution in [2.24, 2.45) is 17.6 Å². The van der Waals surface area contributed by atoms with Crippen molar-refractivity contribution in [3.63, 3.8) is 0 Å². The summed E-state index contributed by atoms with van der Waals surface area (Å²) in [4.78, 5) is 0. The van der Waals surface area contributed by atoms with Crippen LogP contribution in [0.1, 0.15) is 30.5 Å². The first-order chi connectivity index (χ1) is 8.04. The minimum atomic E-state index is 0.570. The highest BCUT2D eigenvalue weighted by atomic mass is 14.9. The van der Waals surface area contributed by atoms with Gasteiger partial charge in [-0.25, -0.2) is 0 Å². The van der Waals surface area contributed by atoms with Crippen LogP contribution in [0.4, 0.5) is 0 Å². The van der Waals surface area contributed by atoms with Gasteiger partial charge in [-0.05, 0) is 49.9 Å². The minimum absolute atomic E-state index is 0.570. The monoisotopic (exact) mass is 234 g/mol. The summed E-state index contributed by atoms with van der Waals surface area (Å²) in [5.74, 6) is 1.22. The summed E-state index contributed by atoms with van der Waals surface area (Å²) >= 11 is 0. The van der Waals surface area contributed by atoms with Crippen LogP contribution in [0.2, 0.25) is 0 Å². The van der Waals surface area contributed by atoms with E-state index in [-0.39, 0.29) is 0 Å². The fourth-order valence-electron chi connectivity index (χ4n) is 2.03. The summed E-state index contributed by atoms with van der Waals surface area (Å²) in [6.07, 6.45) is 0. The number of hydrogen-bond donors (Lipinski definition) is 2. The van der Waals surface area contributed by atoms with Crippen LogP contribution in [0.15, 0.2) is 18.2 Å². The zero-order chi connectivity index (χ0) is 12.8. The number of rotatable bonds is 6. The van der Waals surface area contributed by atoms with Gasteiger partial charge in [-0.2, -0.15) is 0 Å². The van der Waals surface area contributed by atoms with Crippen LogP contribution in [-0.4, -0.2) is 13.1 Å². The Bertz CT molecular complexity index is 345. The molecule has 1 aromatic carbocycles. The molecule has 2 nitrogen and oxygen atoms in total. The molecule has 17 heavy (non-hydrogen) atoms. The van der Waals surface area contributed by atoms with Crippen LogP contribution in [0.5, 0.6) is 0 Å². The van der Waals surface area contributed by atoms with Crippen LogP contribution in [0.25, 0.3) is 0 Å². The van der Waals surface area contributed by atoms with Crippen LogP contribution in [-0.2, 0) is 6.54 Å². The summed E-state index contributed by atoms with van der Waals surface area (Å²) in [6, 6.07) is 6.62. The molecule has 0 aliphatic rings. The average Bonchev–Trinajstić information content (AvgIpc) is 2.26. The van der Waals surface area contributed by atoms with Crippen molar-refractivity contribution < 1.29 is 0 Å². The molecular weight excluding hydrogens is 208 g/mol. The van der Waals surface area contributed by atoms with Crippen molar-refractivity contribution in [1.82, 2.24) is 5.32 Å². The van der Waals surface area contributed by atoms with Crippen LogP contribution >= 0.6 is 0 Å². The third kappa shape index (κ3) is 4.49. The van der Waals surface area contributed by atoms with E-state index in [0.29, 0.717) is 11.8 Å². The molecule has 96 valence electrons. The number of hydrogen-bond acceptors (Lipinski definition) is 2. The molecule has 0 aliphatic carbocycles.